The highest BCUT2D eigenvalue weighted by Crippen LogP contribution is 2.36. The van der Waals surface area contributed by atoms with Crippen molar-refractivity contribution in [2.75, 3.05) is 11.4 Å². The predicted molar refractivity (Wildman–Crippen MR) is 70.7 cm³/mol. The molecule has 1 heterocycles. The molecule has 0 spiro atoms. The summed E-state index contributed by atoms with van der Waals surface area (Å²) in [6, 6.07) is 6.09. The highest BCUT2D eigenvalue weighted by Gasteiger charge is 2.32. The molecule has 16 heavy (non-hydrogen) atoms. The summed E-state index contributed by atoms with van der Waals surface area (Å²) >= 11 is 3.50. The Morgan fingerprint density at radius 1 is 1.44 bits per heavy atom. The normalized spacial score (nSPS) is 19.1. The highest BCUT2D eigenvalue weighted by molar-refractivity contribution is 9.10. The van der Waals surface area contributed by atoms with Gasteiger partial charge in [0.15, 0.2) is 0 Å². The number of anilines is 1. The Labute approximate surface area is 105 Å². The van der Waals surface area contributed by atoms with Crippen molar-refractivity contribution in [3.05, 3.63) is 28.2 Å². The summed E-state index contributed by atoms with van der Waals surface area (Å²) in [6.45, 7) is 5.72. The number of rotatable bonds is 2. The smallest absolute Gasteiger partial charge is 0.0702 e. The molecule has 1 aliphatic rings. The zero-order chi connectivity index (χ0) is 11.8. The average molecular weight is 284 g/mol. The van der Waals surface area contributed by atoms with E-state index < -0.39 is 0 Å². The van der Waals surface area contributed by atoms with Gasteiger partial charge < -0.3 is 10.0 Å². The van der Waals surface area contributed by atoms with Crippen LogP contribution in [0.25, 0.3) is 0 Å². The first-order valence-electron chi connectivity index (χ1n) is 5.71. The molecular formula is C13H18BrNO. The molecule has 2 rings (SSSR count). The van der Waals surface area contributed by atoms with Gasteiger partial charge in [0, 0.05) is 27.8 Å². The van der Waals surface area contributed by atoms with Gasteiger partial charge in [-0.05, 0) is 38.8 Å². The number of aliphatic hydroxyl groups is 1. The van der Waals surface area contributed by atoms with Gasteiger partial charge in [0.25, 0.3) is 0 Å². The maximum absolute atomic E-state index is 9.40. The van der Waals surface area contributed by atoms with Gasteiger partial charge in [0.05, 0.1) is 6.61 Å². The number of benzene rings is 1. The third-order valence-corrected chi connectivity index (χ3v) is 3.90. The maximum atomic E-state index is 9.40. The fourth-order valence-corrected chi connectivity index (χ4v) is 2.82. The fraction of sp³-hybridized carbons (Fsp3) is 0.538. The summed E-state index contributed by atoms with van der Waals surface area (Å²) in [4.78, 5) is 2.41. The van der Waals surface area contributed by atoms with E-state index in [0.717, 1.165) is 16.6 Å². The SMILES string of the molecule is CC1(C)CCCN1c1cc(Br)ccc1CO. The highest BCUT2D eigenvalue weighted by atomic mass is 79.9. The van der Waals surface area contributed by atoms with E-state index >= 15 is 0 Å². The first kappa shape index (κ1) is 11.9. The molecule has 88 valence electrons. The average Bonchev–Trinajstić information content (AvgIpc) is 2.58. The molecular weight excluding hydrogens is 266 g/mol. The summed E-state index contributed by atoms with van der Waals surface area (Å²) in [6.07, 6.45) is 2.44. The van der Waals surface area contributed by atoms with Gasteiger partial charge >= 0.3 is 0 Å². The van der Waals surface area contributed by atoms with Gasteiger partial charge in [0.2, 0.25) is 0 Å². The Morgan fingerprint density at radius 2 is 2.19 bits per heavy atom. The van der Waals surface area contributed by atoms with Gasteiger partial charge in [-0.25, -0.2) is 0 Å². The number of nitrogens with zero attached hydrogens (tertiary/aromatic N) is 1. The van der Waals surface area contributed by atoms with Crippen molar-refractivity contribution < 1.29 is 5.11 Å². The van der Waals surface area contributed by atoms with Crippen molar-refractivity contribution in [2.45, 2.75) is 38.8 Å². The number of halogens is 1. The molecule has 1 saturated heterocycles. The van der Waals surface area contributed by atoms with Gasteiger partial charge in [-0.2, -0.15) is 0 Å². The summed E-state index contributed by atoms with van der Waals surface area (Å²) in [7, 11) is 0. The third kappa shape index (κ3) is 2.11. The minimum atomic E-state index is 0.106. The molecule has 0 aliphatic carbocycles. The summed E-state index contributed by atoms with van der Waals surface area (Å²) < 4.78 is 1.07. The van der Waals surface area contributed by atoms with Gasteiger partial charge in [-0.1, -0.05) is 22.0 Å². The van der Waals surface area contributed by atoms with E-state index in [1.807, 2.05) is 12.1 Å². The van der Waals surface area contributed by atoms with E-state index in [-0.39, 0.29) is 12.1 Å². The lowest BCUT2D eigenvalue weighted by Gasteiger charge is -2.35. The lowest BCUT2D eigenvalue weighted by molar-refractivity contribution is 0.281. The molecule has 1 fully saturated rings. The number of aliphatic hydroxyl groups excluding tert-OH is 1. The Bertz CT molecular complexity index is 390. The molecule has 0 aromatic heterocycles. The summed E-state index contributed by atoms with van der Waals surface area (Å²) in [5, 5.41) is 9.40. The number of hydrogen-bond donors (Lipinski definition) is 1. The van der Waals surface area contributed by atoms with Gasteiger partial charge in [-0.3, -0.25) is 0 Å². The zero-order valence-corrected chi connectivity index (χ0v) is 11.4. The molecule has 0 saturated carbocycles. The second kappa shape index (κ2) is 4.38. The quantitative estimate of drug-likeness (QED) is 0.900. The van der Waals surface area contributed by atoms with Crippen LogP contribution in [0.15, 0.2) is 22.7 Å². The first-order chi connectivity index (χ1) is 7.54. The van der Waals surface area contributed by atoms with Crippen LogP contribution in [0.5, 0.6) is 0 Å². The molecule has 0 atom stereocenters. The molecule has 3 heteroatoms. The van der Waals surface area contributed by atoms with Crippen LogP contribution in [-0.2, 0) is 6.61 Å². The van der Waals surface area contributed by atoms with Crippen molar-refractivity contribution in [3.8, 4) is 0 Å². The standard InChI is InChI=1S/C13H18BrNO/c1-13(2)6-3-7-15(13)12-8-11(14)5-4-10(12)9-16/h4-5,8,16H,3,6-7,9H2,1-2H3. The Balaban J connectivity index is 2.42. The summed E-state index contributed by atoms with van der Waals surface area (Å²) in [5.74, 6) is 0. The molecule has 1 aromatic carbocycles. The molecule has 1 aliphatic heterocycles. The Kier molecular flexibility index (Phi) is 3.27. The third-order valence-electron chi connectivity index (χ3n) is 3.41. The Morgan fingerprint density at radius 3 is 2.75 bits per heavy atom. The van der Waals surface area contributed by atoms with Crippen LogP contribution in [-0.4, -0.2) is 17.2 Å². The predicted octanol–water partition coefficient (Wildman–Crippen LogP) is 3.32. The van der Waals surface area contributed by atoms with Crippen molar-refractivity contribution in [1.82, 2.24) is 0 Å². The van der Waals surface area contributed by atoms with E-state index in [0.29, 0.717) is 0 Å². The van der Waals surface area contributed by atoms with Crippen molar-refractivity contribution >= 4 is 21.6 Å². The van der Waals surface area contributed by atoms with Gasteiger partial charge in [0.1, 0.15) is 0 Å². The summed E-state index contributed by atoms with van der Waals surface area (Å²) in [5.41, 5.74) is 2.38. The van der Waals surface area contributed by atoms with Crippen molar-refractivity contribution in [2.24, 2.45) is 0 Å². The molecule has 2 nitrogen and oxygen atoms in total. The minimum absolute atomic E-state index is 0.106. The molecule has 1 N–H and O–H groups in total. The molecule has 1 aromatic rings. The molecule has 0 amide bonds. The van der Waals surface area contributed by atoms with Crippen LogP contribution in [0.2, 0.25) is 0 Å². The van der Waals surface area contributed by atoms with Crippen molar-refractivity contribution in [1.29, 1.82) is 0 Å². The monoisotopic (exact) mass is 283 g/mol. The second-order valence-electron chi connectivity index (χ2n) is 5.00. The van der Waals surface area contributed by atoms with Crippen molar-refractivity contribution in [3.63, 3.8) is 0 Å². The minimum Gasteiger partial charge on any atom is -0.392 e. The molecule has 0 bridgehead atoms. The number of hydrogen-bond acceptors (Lipinski definition) is 2. The second-order valence-corrected chi connectivity index (χ2v) is 5.91. The van der Waals surface area contributed by atoms with Crippen LogP contribution < -0.4 is 4.90 Å². The lowest BCUT2D eigenvalue weighted by atomic mass is 10.0. The van der Waals surface area contributed by atoms with E-state index in [1.165, 1.54) is 18.5 Å². The fourth-order valence-electron chi connectivity index (χ4n) is 2.48. The van der Waals surface area contributed by atoms with E-state index in [9.17, 15) is 5.11 Å². The van der Waals surface area contributed by atoms with Crippen LogP contribution in [0.1, 0.15) is 32.3 Å². The lowest BCUT2D eigenvalue weighted by Crippen LogP contribution is -2.38. The largest absolute Gasteiger partial charge is 0.392 e. The molecule has 0 radical (unpaired) electrons. The van der Waals surface area contributed by atoms with E-state index in [1.54, 1.807) is 0 Å². The topological polar surface area (TPSA) is 23.5 Å². The molecule has 0 unspecified atom stereocenters. The maximum Gasteiger partial charge on any atom is 0.0702 e. The van der Waals surface area contributed by atoms with Crippen LogP contribution in [0, 0.1) is 0 Å². The van der Waals surface area contributed by atoms with Crippen LogP contribution in [0.3, 0.4) is 0 Å². The van der Waals surface area contributed by atoms with Gasteiger partial charge in [-0.15, -0.1) is 0 Å². The van der Waals surface area contributed by atoms with E-state index in [2.05, 4.69) is 40.7 Å². The van der Waals surface area contributed by atoms with Crippen LogP contribution in [0.4, 0.5) is 5.69 Å². The van der Waals surface area contributed by atoms with Crippen LogP contribution >= 0.6 is 15.9 Å². The Hall–Kier alpha value is -0.540. The van der Waals surface area contributed by atoms with E-state index in [4.69, 9.17) is 0 Å². The first-order valence-corrected chi connectivity index (χ1v) is 6.51. The zero-order valence-electron chi connectivity index (χ0n) is 9.83.